The largest absolute Gasteiger partial charge is 0.477 e. The number of benzene rings is 1. The molecule has 0 bridgehead atoms. The Morgan fingerprint density at radius 1 is 1.40 bits per heavy atom. The zero-order valence-corrected chi connectivity index (χ0v) is 19.8. The summed E-state index contributed by atoms with van der Waals surface area (Å²) in [4.78, 5) is 43.9. The van der Waals surface area contributed by atoms with Gasteiger partial charge in [0.05, 0.1) is 12.1 Å². The molecule has 2 atom stereocenters. The lowest BCUT2D eigenvalue weighted by atomic mass is 10.0. The number of hydrogen-bond donors (Lipinski definition) is 3. The molecule has 1 aromatic heterocycles. The maximum atomic E-state index is 12.7. The fourth-order valence-corrected chi connectivity index (χ4v) is 6.90. The zero-order chi connectivity index (χ0) is 21.4. The van der Waals surface area contributed by atoms with E-state index >= 15 is 0 Å². The highest BCUT2D eigenvalue weighted by atomic mass is 127. The minimum Gasteiger partial charge on any atom is -0.477 e. The Labute approximate surface area is 197 Å². The van der Waals surface area contributed by atoms with E-state index in [1.54, 1.807) is 5.38 Å². The fourth-order valence-electron chi connectivity index (χ4n) is 3.12. The molecular formula is C18H15IN4O4S3. The number of nitrogens with zero attached hydrogens (tertiary/aromatic N) is 2. The summed E-state index contributed by atoms with van der Waals surface area (Å²) in [5.74, 6) is -1.47. The Bertz CT molecular complexity index is 1070. The molecular weight excluding hydrogens is 559 g/mol. The van der Waals surface area contributed by atoms with Crippen LogP contribution < -0.4 is 11.1 Å². The summed E-state index contributed by atoms with van der Waals surface area (Å²) in [5, 5.41) is 14.1. The van der Waals surface area contributed by atoms with E-state index in [9.17, 15) is 19.5 Å². The predicted octanol–water partition coefficient (Wildman–Crippen LogP) is 2.36. The lowest BCUT2D eigenvalue weighted by molar-refractivity contribution is -0.150. The van der Waals surface area contributed by atoms with E-state index in [4.69, 9.17) is 5.73 Å². The zero-order valence-electron chi connectivity index (χ0n) is 15.2. The Balaban J connectivity index is 1.49. The standard InChI is InChI=1S/C18H15IN4O4S3/c19-9-3-1-2-4-10(9)30-11-7-28-16-13(15(25)23(16)14(11)17(26)27)22-12(24)5-8-6-29-18(20)21-8/h1-4,6,13,16H,5,7H2,(H2,20,21)(H,22,24)(H,26,27)/t13-,16+/m1/s1. The molecule has 30 heavy (non-hydrogen) atoms. The topological polar surface area (TPSA) is 126 Å². The normalized spacial score (nSPS) is 20.6. The molecule has 0 unspecified atom stereocenters. The van der Waals surface area contributed by atoms with Crippen molar-refractivity contribution in [2.45, 2.75) is 22.7 Å². The predicted molar refractivity (Wildman–Crippen MR) is 125 cm³/mol. The maximum Gasteiger partial charge on any atom is 0.353 e. The molecule has 8 nitrogen and oxygen atoms in total. The molecule has 0 aliphatic carbocycles. The average Bonchev–Trinajstić information content (AvgIpc) is 3.11. The molecule has 0 radical (unpaired) electrons. The van der Waals surface area contributed by atoms with E-state index in [2.05, 4.69) is 32.9 Å². The summed E-state index contributed by atoms with van der Waals surface area (Å²) in [6.45, 7) is 0. The lowest BCUT2D eigenvalue weighted by Gasteiger charge is -2.49. The quantitative estimate of drug-likeness (QED) is 0.355. The summed E-state index contributed by atoms with van der Waals surface area (Å²) in [6, 6.07) is 6.91. The summed E-state index contributed by atoms with van der Waals surface area (Å²) < 4.78 is 1.01. The van der Waals surface area contributed by atoms with Gasteiger partial charge in [0.25, 0.3) is 5.91 Å². The molecule has 1 fully saturated rings. The number of aromatic nitrogens is 1. The molecule has 156 valence electrons. The van der Waals surface area contributed by atoms with Crippen molar-refractivity contribution in [3.8, 4) is 0 Å². The highest BCUT2D eigenvalue weighted by Crippen LogP contribution is 2.45. The Morgan fingerprint density at radius 3 is 2.83 bits per heavy atom. The minimum atomic E-state index is -1.15. The molecule has 4 rings (SSSR count). The number of thiazole rings is 1. The van der Waals surface area contributed by atoms with Crippen LogP contribution in [0.2, 0.25) is 0 Å². The first-order valence-electron chi connectivity index (χ1n) is 8.68. The van der Waals surface area contributed by atoms with Crippen molar-refractivity contribution in [1.29, 1.82) is 0 Å². The van der Waals surface area contributed by atoms with E-state index in [0.717, 1.165) is 8.47 Å². The third-order valence-electron chi connectivity index (χ3n) is 4.43. The molecule has 0 saturated carbocycles. The van der Waals surface area contributed by atoms with Gasteiger partial charge in [0.2, 0.25) is 5.91 Å². The number of halogens is 1. The van der Waals surface area contributed by atoms with Crippen molar-refractivity contribution >= 4 is 80.4 Å². The Morgan fingerprint density at radius 2 is 2.17 bits per heavy atom. The molecule has 1 saturated heterocycles. The number of hydrogen-bond acceptors (Lipinski definition) is 8. The van der Waals surface area contributed by atoms with Crippen LogP contribution >= 0.6 is 57.5 Å². The number of carboxylic acids is 1. The monoisotopic (exact) mass is 574 g/mol. The van der Waals surface area contributed by atoms with Gasteiger partial charge < -0.3 is 16.2 Å². The SMILES string of the molecule is Nc1nc(CC(=O)N[C@@H]2C(=O)N3C(C(=O)O)=C(Sc4ccccc4I)CS[C@@H]23)cs1. The Hall–Kier alpha value is -1.77. The van der Waals surface area contributed by atoms with Crippen molar-refractivity contribution in [3.63, 3.8) is 0 Å². The van der Waals surface area contributed by atoms with Gasteiger partial charge in [0.1, 0.15) is 17.1 Å². The molecule has 1 aromatic carbocycles. The number of thioether (sulfide) groups is 2. The third kappa shape index (κ3) is 4.18. The number of aliphatic carboxylic acids is 1. The number of nitrogen functional groups attached to an aromatic ring is 1. The molecule has 2 aliphatic rings. The van der Waals surface area contributed by atoms with E-state index < -0.39 is 23.3 Å². The van der Waals surface area contributed by atoms with Crippen LogP contribution in [0.3, 0.4) is 0 Å². The highest BCUT2D eigenvalue weighted by Gasteiger charge is 2.54. The van der Waals surface area contributed by atoms with Gasteiger partial charge in [-0.1, -0.05) is 23.9 Å². The van der Waals surface area contributed by atoms with Crippen molar-refractivity contribution in [1.82, 2.24) is 15.2 Å². The van der Waals surface area contributed by atoms with E-state index in [1.807, 2.05) is 24.3 Å². The number of carboxylic acid groups (broad SMARTS) is 1. The second-order valence-electron chi connectivity index (χ2n) is 6.42. The molecule has 2 aliphatic heterocycles. The highest BCUT2D eigenvalue weighted by molar-refractivity contribution is 14.1. The number of fused-ring (bicyclic) bond motifs is 1. The lowest BCUT2D eigenvalue weighted by Crippen LogP contribution is -2.70. The van der Waals surface area contributed by atoms with Gasteiger partial charge >= 0.3 is 5.97 Å². The number of amides is 2. The summed E-state index contributed by atoms with van der Waals surface area (Å²) in [5.41, 5.74) is 6.10. The fraction of sp³-hybridized carbons (Fsp3) is 0.222. The maximum absolute atomic E-state index is 12.7. The molecule has 0 spiro atoms. The summed E-state index contributed by atoms with van der Waals surface area (Å²) in [7, 11) is 0. The first-order chi connectivity index (χ1) is 14.3. The first-order valence-corrected chi connectivity index (χ1v) is 12.5. The van der Waals surface area contributed by atoms with E-state index in [-0.39, 0.29) is 18.0 Å². The van der Waals surface area contributed by atoms with Gasteiger partial charge in [0, 0.05) is 24.5 Å². The molecule has 4 N–H and O–H groups in total. The van der Waals surface area contributed by atoms with Crippen molar-refractivity contribution in [2.75, 3.05) is 11.5 Å². The van der Waals surface area contributed by atoms with Gasteiger partial charge in [-0.15, -0.1) is 23.1 Å². The number of carbonyl (C=O) groups is 3. The second-order valence-corrected chi connectivity index (χ2v) is 10.7. The van der Waals surface area contributed by atoms with Crippen LogP contribution in [0.1, 0.15) is 5.69 Å². The molecule has 12 heteroatoms. The number of carbonyl (C=O) groups excluding carboxylic acids is 2. The summed E-state index contributed by atoms with van der Waals surface area (Å²) >= 11 is 6.24. The van der Waals surface area contributed by atoms with Gasteiger partial charge in [0.15, 0.2) is 5.13 Å². The minimum absolute atomic E-state index is 0.00817. The van der Waals surface area contributed by atoms with Crippen LogP contribution in [0.15, 0.2) is 45.1 Å². The smallest absolute Gasteiger partial charge is 0.353 e. The Kier molecular flexibility index (Phi) is 6.27. The van der Waals surface area contributed by atoms with Crippen LogP contribution in [-0.4, -0.2) is 49.9 Å². The molecule has 2 amide bonds. The number of rotatable bonds is 6. The first kappa shape index (κ1) is 21.5. The number of β-lactam (4-membered cyclic amide) rings is 1. The molecule has 2 aromatic rings. The van der Waals surface area contributed by atoms with Crippen LogP contribution in [0.25, 0.3) is 0 Å². The number of nitrogens with two attached hydrogens (primary N) is 1. The number of nitrogens with one attached hydrogen (secondary N) is 1. The van der Waals surface area contributed by atoms with Gasteiger partial charge in [-0.05, 0) is 34.7 Å². The molecule has 3 heterocycles. The van der Waals surface area contributed by atoms with E-state index in [0.29, 0.717) is 21.5 Å². The average molecular weight is 574 g/mol. The van der Waals surface area contributed by atoms with Gasteiger partial charge in [-0.2, -0.15) is 0 Å². The van der Waals surface area contributed by atoms with Crippen LogP contribution in [0.5, 0.6) is 0 Å². The third-order valence-corrected chi connectivity index (χ3v) is 9.09. The van der Waals surface area contributed by atoms with Crippen LogP contribution in [0.4, 0.5) is 5.13 Å². The van der Waals surface area contributed by atoms with Crippen molar-refractivity contribution in [3.05, 3.63) is 49.5 Å². The summed E-state index contributed by atoms with van der Waals surface area (Å²) in [6.07, 6.45) is 0.0179. The second kappa shape index (κ2) is 8.77. The van der Waals surface area contributed by atoms with Gasteiger partial charge in [-0.3, -0.25) is 14.5 Å². The van der Waals surface area contributed by atoms with E-state index in [1.165, 1.54) is 39.8 Å². The van der Waals surface area contributed by atoms with Crippen LogP contribution in [0, 0.1) is 3.57 Å². The van der Waals surface area contributed by atoms with Crippen molar-refractivity contribution < 1.29 is 19.5 Å². The van der Waals surface area contributed by atoms with Crippen molar-refractivity contribution in [2.24, 2.45) is 0 Å². The number of anilines is 1. The van der Waals surface area contributed by atoms with Crippen LogP contribution in [-0.2, 0) is 20.8 Å². The van der Waals surface area contributed by atoms with Gasteiger partial charge in [-0.25, -0.2) is 9.78 Å².